The Morgan fingerprint density at radius 3 is 2.55 bits per heavy atom. The van der Waals surface area contributed by atoms with Crippen LogP contribution in [0.2, 0.25) is 0 Å². The molecule has 0 radical (unpaired) electrons. The molecule has 3 nitrogen and oxygen atoms in total. The van der Waals surface area contributed by atoms with Crippen molar-refractivity contribution < 1.29 is 9.53 Å². The summed E-state index contributed by atoms with van der Waals surface area (Å²) < 4.78 is 6.57. The minimum absolute atomic E-state index is 0.0182. The van der Waals surface area contributed by atoms with Crippen molar-refractivity contribution in [1.29, 1.82) is 0 Å². The van der Waals surface area contributed by atoms with E-state index in [1.807, 2.05) is 62.4 Å². The van der Waals surface area contributed by atoms with Crippen molar-refractivity contribution in [3.05, 3.63) is 64.1 Å². The van der Waals surface area contributed by atoms with Crippen LogP contribution < -0.4 is 10.1 Å². The van der Waals surface area contributed by atoms with E-state index in [0.29, 0.717) is 13.0 Å². The normalized spacial score (nSPS) is 11.8. The van der Waals surface area contributed by atoms with Crippen LogP contribution in [0, 0.1) is 6.92 Å². The predicted octanol–water partition coefficient (Wildman–Crippen LogP) is 4.40. The number of nitrogens with one attached hydrogen (secondary N) is 1. The number of hydrogen-bond acceptors (Lipinski definition) is 2. The molecule has 2 rings (SSSR count). The van der Waals surface area contributed by atoms with Gasteiger partial charge in [-0.1, -0.05) is 51.8 Å². The van der Waals surface area contributed by atoms with E-state index < -0.39 is 0 Å². The van der Waals surface area contributed by atoms with E-state index in [0.717, 1.165) is 15.8 Å². The highest BCUT2D eigenvalue weighted by molar-refractivity contribution is 9.10. The van der Waals surface area contributed by atoms with Crippen molar-refractivity contribution in [2.75, 3.05) is 6.61 Å². The summed E-state index contributed by atoms with van der Waals surface area (Å²) in [5, 5.41) is 2.98. The molecule has 0 saturated carbocycles. The summed E-state index contributed by atoms with van der Waals surface area (Å²) in [4.78, 5) is 12.0. The zero-order chi connectivity index (χ0) is 15.9. The highest BCUT2D eigenvalue weighted by Crippen LogP contribution is 2.22. The summed E-state index contributed by atoms with van der Waals surface area (Å²) in [7, 11) is 0. The number of aryl methyl sites for hydroxylation is 1. The number of carbonyl (C=O) groups is 1. The third kappa shape index (κ3) is 4.88. The third-order valence-corrected chi connectivity index (χ3v) is 4.09. The van der Waals surface area contributed by atoms with Gasteiger partial charge in [-0.3, -0.25) is 4.79 Å². The zero-order valence-corrected chi connectivity index (χ0v) is 14.4. The molecule has 2 aromatic carbocycles. The Bertz CT molecular complexity index is 625. The van der Waals surface area contributed by atoms with Crippen molar-refractivity contribution in [2.45, 2.75) is 26.3 Å². The molecular formula is C18H20BrNO2. The molecule has 0 aromatic heterocycles. The quantitative estimate of drug-likeness (QED) is 0.827. The standard InChI is InChI=1S/C18H20BrNO2/c1-13-7-9-15(10-8-13)22-12-11-18(21)20-14(2)16-5-3-4-6-17(16)19/h3-10,14H,11-12H2,1-2H3,(H,20,21)/t14-/m0/s1. The highest BCUT2D eigenvalue weighted by Gasteiger charge is 2.11. The van der Waals surface area contributed by atoms with Crippen molar-refractivity contribution in [1.82, 2.24) is 5.32 Å². The van der Waals surface area contributed by atoms with E-state index in [4.69, 9.17) is 4.74 Å². The van der Waals surface area contributed by atoms with Gasteiger partial charge in [0.25, 0.3) is 0 Å². The van der Waals surface area contributed by atoms with Gasteiger partial charge in [0.05, 0.1) is 19.1 Å². The summed E-state index contributed by atoms with van der Waals surface area (Å²) in [6.45, 7) is 4.37. The average molecular weight is 362 g/mol. The van der Waals surface area contributed by atoms with Gasteiger partial charge >= 0.3 is 0 Å². The third-order valence-electron chi connectivity index (χ3n) is 3.37. The number of ether oxygens (including phenoxy) is 1. The van der Waals surface area contributed by atoms with Crippen molar-refractivity contribution >= 4 is 21.8 Å². The lowest BCUT2D eigenvalue weighted by atomic mass is 10.1. The predicted molar refractivity (Wildman–Crippen MR) is 92.0 cm³/mol. The van der Waals surface area contributed by atoms with Gasteiger partial charge in [-0.05, 0) is 37.6 Å². The first-order valence-electron chi connectivity index (χ1n) is 7.29. The van der Waals surface area contributed by atoms with Gasteiger partial charge in [-0.15, -0.1) is 0 Å². The lowest BCUT2D eigenvalue weighted by molar-refractivity contribution is -0.122. The van der Waals surface area contributed by atoms with Crippen LogP contribution in [0.25, 0.3) is 0 Å². The molecule has 0 fully saturated rings. The SMILES string of the molecule is Cc1ccc(OCCC(=O)N[C@@H](C)c2ccccc2Br)cc1. The monoisotopic (exact) mass is 361 g/mol. The molecule has 0 aliphatic rings. The van der Waals surface area contributed by atoms with Crippen LogP contribution in [0.1, 0.15) is 30.5 Å². The molecule has 0 aliphatic heterocycles. The van der Waals surface area contributed by atoms with Gasteiger partial charge in [0.2, 0.25) is 5.91 Å². The van der Waals surface area contributed by atoms with Gasteiger partial charge < -0.3 is 10.1 Å². The molecule has 0 aliphatic carbocycles. The molecule has 1 N–H and O–H groups in total. The Balaban J connectivity index is 1.78. The average Bonchev–Trinajstić information content (AvgIpc) is 2.49. The summed E-state index contributed by atoms with van der Waals surface area (Å²) >= 11 is 3.50. The van der Waals surface area contributed by atoms with E-state index in [9.17, 15) is 4.79 Å². The minimum atomic E-state index is -0.0394. The number of halogens is 1. The van der Waals surface area contributed by atoms with Crippen molar-refractivity contribution in [2.24, 2.45) is 0 Å². The van der Waals surface area contributed by atoms with Crippen LogP contribution in [0.4, 0.5) is 0 Å². The fraction of sp³-hybridized carbons (Fsp3) is 0.278. The van der Waals surface area contributed by atoms with Gasteiger partial charge in [0.1, 0.15) is 5.75 Å². The molecule has 22 heavy (non-hydrogen) atoms. The lowest BCUT2D eigenvalue weighted by Gasteiger charge is -2.16. The summed E-state index contributed by atoms with van der Waals surface area (Å²) in [5.41, 5.74) is 2.25. The fourth-order valence-electron chi connectivity index (χ4n) is 2.11. The molecule has 0 bridgehead atoms. The number of carbonyl (C=O) groups excluding carboxylic acids is 1. The van der Waals surface area contributed by atoms with Crippen LogP contribution in [0.15, 0.2) is 53.0 Å². The lowest BCUT2D eigenvalue weighted by Crippen LogP contribution is -2.28. The maximum Gasteiger partial charge on any atom is 0.223 e. The van der Waals surface area contributed by atoms with E-state index in [2.05, 4.69) is 21.2 Å². The highest BCUT2D eigenvalue weighted by atomic mass is 79.9. The Morgan fingerprint density at radius 2 is 1.86 bits per heavy atom. The van der Waals surface area contributed by atoms with E-state index >= 15 is 0 Å². The minimum Gasteiger partial charge on any atom is -0.493 e. The van der Waals surface area contributed by atoms with Crippen molar-refractivity contribution in [3.8, 4) is 5.75 Å². The molecule has 0 spiro atoms. The van der Waals surface area contributed by atoms with Gasteiger partial charge in [0.15, 0.2) is 0 Å². The van der Waals surface area contributed by atoms with E-state index in [-0.39, 0.29) is 11.9 Å². The summed E-state index contributed by atoms with van der Waals surface area (Å²) in [6.07, 6.45) is 0.336. The maximum atomic E-state index is 12.0. The van der Waals surface area contributed by atoms with Crippen LogP contribution in [-0.2, 0) is 4.79 Å². The molecule has 1 amide bonds. The molecule has 0 unspecified atom stereocenters. The maximum absolute atomic E-state index is 12.0. The van der Waals surface area contributed by atoms with Crippen LogP contribution >= 0.6 is 15.9 Å². The Kier molecular flexibility index (Phi) is 6.01. The molecule has 1 atom stereocenters. The Hall–Kier alpha value is -1.81. The number of rotatable bonds is 6. The van der Waals surface area contributed by atoms with E-state index in [1.165, 1.54) is 5.56 Å². The smallest absolute Gasteiger partial charge is 0.223 e. The van der Waals surface area contributed by atoms with Gasteiger partial charge in [-0.25, -0.2) is 0 Å². The Labute approximate surface area is 139 Å². The summed E-state index contributed by atoms with van der Waals surface area (Å²) in [5.74, 6) is 0.771. The molecule has 0 heterocycles. The topological polar surface area (TPSA) is 38.3 Å². The largest absolute Gasteiger partial charge is 0.493 e. The molecular weight excluding hydrogens is 342 g/mol. The van der Waals surface area contributed by atoms with E-state index in [1.54, 1.807) is 0 Å². The first-order valence-corrected chi connectivity index (χ1v) is 8.09. The molecule has 2 aromatic rings. The fourth-order valence-corrected chi connectivity index (χ4v) is 2.74. The molecule has 4 heteroatoms. The van der Waals surface area contributed by atoms with Crippen LogP contribution in [0.3, 0.4) is 0 Å². The van der Waals surface area contributed by atoms with Gasteiger partial charge in [0, 0.05) is 4.47 Å². The van der Waals surface area contributed by atoms with Crippen molar-refractivity contribution in [3.63, 3.8) is 0 Å². The number of amides is 1. The second-order valence-electron chi connectivity index (χ2n) is 5.22. The number of hydrogen-bond donors (Lipinski definition) is 1. The zero-order valence-electron chi connectivity index (χ0n) is 12.8. The van der Waals surface area contributed by atoms with Crippen LogP contribution in [-0.4, -0.2) is 12.5 Å². The molecule has 116 valence electrons. The summed E-state index contributed by atoms with van der Waals surface area (Å²) in [6, 6.07) is 15.7. The van der Waals surface area contributed by atoms with Crippen LogP contribution in [0.5, 0.6) is 5.75 Å². The molecule has 0 saturated heterocycles. The Morgan fingerprint density at radius 1 is 1.18 bits per heavy atom. The second-order valence-corrected chi connectivity index (χ2v) is 6.08. The first-order chi connectivity index (χ1) is 10.6. The van der Waals surface area contributed by atoms with Gasteiger partial charge in [-0.2, -0.15) is 0 Å². The second kappa shape index (κ2) is 7.99. The number of benzene rings is 2. The first kappa shape index (κ1) is 16.6.